The van der Waals surface area contributed by atoms with Crippen LogP contribution in [0.25, 0.3) is 0 Å². The molecule has 0 spiro atoms. The third kappa shape index (κ3) is 8.46. The maximum absolute atomic E-state index is 12.9. The van der Waals surface area contributed by atoms with Crippen molar-refractivity contribution in [1.29, 1.82) is 0 Å². The van der Waals surface area contributed by atoms with E-state index in [4.69, 9.17) is 5.73 Å². The average molecular weight is 455 g/mol. The fourth-order valence-corrected chi connectivity index (χ4v) is 2.99. The van der Waals surface area contributed by atoms with E-state index in [2.05, 4.69) is 28.6 Å². The Kier molecular flexibility index (Phi) is 10.8. The van der Waals surface area contributed by atoms with Gasteiger partial charge >= 0.3 is 5.97 Å². The smallest absolute Gasteiger partial charge is 0.326 e. The summed E-state index contributed by atoms with van der Waals surface area (Å²) < 4.78 is 0. The number of aromatic hydroxyl groups is 1. The zero-order valence-corrected chi connectivity index (χ0v) is 18.4. The van der Waals surface area contributed by atoms with Gasteiger partial charge in [0.05, 0.1) is 6.54 Å². The van der Waals surface area contributed by atoms with Crippen LogP contribution in [0, 0.1) is 5.92 Å². The third-order valence-electron chi connectivity index (χ3n) is 4.81. The van der Waals surface area contributed by atoms with Crippen LogP contribution in [0.3, 0.4) is 0 Å². The Morgan fingerprint density at radius 1 is 1.03 bits per heavy atom. The molecule has 3 amide bonds. The van der Waals surface area contributed by atoms with E-state index in [1.54, 1.807) is 26.0 Å². The molecule has 4 atom stereocenters. The van der Waals surface area contributed by atoms with Crippen molar-refractivity contribution in [1.82, 2.24) is 16.0 Å². The summed E-state index contributed by atoms with van der Waals surface area (Å²) in [6, 6.07) is 2.75. The summed E-state index contributed by atoms with van der Waals surface area (Å²) in [4.78, 5) is 48.7. The number of hydrogen-bond acceptors (Lipinski definition) is 7. The molecule has 0 aromatic heterocycles. The van der Waals surface area contributed by atoms with Crippen LogP contribution in [0.4, 0.5) is 0 Å². The summed E-state index contributed by atoms with van der Waals surface area (Å²) in [6.45, 7) is 3.19. The molecule has 7 N–H and O–H groups in total. The van der Waals surface area contributed by atoms with Crippen molar-refractivity contribution in [3.8, 4) is 5.75 Å². The highest BCUT2D eigenvalue weighted by Crippen LogP contribution is 2.13. The van der Waals surface area contributed by atoms with Crippen LogP contribution < -0.4 is 21.7 Å². The van der Waals surface area contributed by atoms with Crippen LogP contribution in [-0.4, -0.2) is 64.3 Å². The molecule has 0 aliphatic carbocycles. The van der Waals surface area contributed by atoms with Gasteiger partial charge in [0.2, 0.25) is 17.7 Å². The number of carbonyl (C=O) groups excluding carboxylic acids is 3. The van der Waals surface area contributed by atoms with Crippen LogP contribution in [0.1, 0.15) is 25.8 Å². The number of carbonyl (C=O) groups is 4. The number of hydrogen-bond donors (Lipinski definition) is 7. The summed E-state index contributed by atoms with van der Waals surface area (Å²) in [5, 5.41) is 26.4. The molecule has 1 aromatic rings. The number of nitrogens with two attached hydrogens (primary N) is 1. The lowest BCUT2D eigenvalue weighted by atomic mass is 9.98. The number of aliphatic carboxylic acids is 1. The molecule has 31 heavy (non-hydrogen) atoms. The standard InChI is InChI=1S/C20H30N4O6S/c1-3-11(2)17(20(29)30)24-18(27)14(8-12-4-6-13(25)7-5-12)23-19(28)15(10-31)22-16(26)9-21/h4-7,11,14-15,17,25,31H,3,8-10,21H2,1-2H3,(H,22,26)(H,23,28)(H,24,27)(H,29,30). The predicted octanol–water partition coefficient (Wildman–Crippen LogP) is -0.592. The molecule has 1 aromatic carbocycles. The maximum atomic E-state index is 12.9. The quantitative estimate of drug-likeness (QED) is 0.207. The molecule has 11 heteroatoms. The van der Waals surface area contributed by atoms with E-state index >= 15 is 0 Å². The third-order valence-corrected chi connectivity index (χ3v) is 5.17. The predicted molar refractivity (Wildman–Crippen MR) is 118 cm³/mol. The maximum Gasteiger partial charge on any atom is 0.326 e. The fourth-order valence-electron chi connectivity index (χ4n) is 2.73. The molecule has 0 fully saturated rings. The van der Waals surface area contributed by atoms with Crippen molar-refractivity contribution >= 4 is 36.3 Å². The number of nitrogens with one attached hydrogen (secondary N) is 3. The number of phenols is 1. The molecule has 172 valence electrons. The van der Waals surface area contributed by atoms with Crippen molar-refractivity contribution in [2.75, 3.05) is 12.3 Å². The minimum absolute atomic E-state index is 0.0320. The Balaban J connectivity index is 3.07. The molecule has 0 aliphatic heterocycles. The first-order chi connectivity index (χ1) is 14.6. The number of amides is 3. The van der Waals surface area contributed by atoms with Gasteiger partial charge in [-0.3, -0.25) is 14.4 Å². The van der Waals surface area contributed by atoms with Crippen molar-refractivity contribution in [2.24, 2.45) is 11.7 Å². The molecule has 1 rings (SSSR count). The van der Waals surface area contributed by atoms with E-state index in [1.807, 2.05) is 0 Å². The first-order valence-corrected chi connectivity index (χ1v) is 10.5. The largest absolute Gasteiger partial charge is 0.508 e. The molecule has 10 nitrogen and oxygen atoms in total. The highest BCUT2D eigenvalue weighted by atomic mass is 32.1. The fraction of sp³-hybridized carbons (Fsp3) is 0.500. The van der Waals surface area contributed by atoms with E-state index in [9.17, 15) is 29.4 Å². The van der Waals surface area contributed by atoms with Gasteiger partial charge in [-0.15, -0.1) is 0 Å². The van der Waals surface area contributed by atoms with E-state index in [0.717, 1.165) is 0 Å². The van der Waals surface area contributed by atoms with Gasteiger partial charge in [0, 0.05) is 12.2 Å². The number of carboxylic acids is 1. The van der Waals surface area contributed by atoms with Crippen LogP contribution in [0.15, 0.2) is 24.3 Å². The lowest BCUT2D eigenvalue weighted by Gasteiger charge is -2.26. The van der Waals surface area contributed by atoms with Gasteiger partial charge in [0.25, 0.3) is 0 Å². The molecule has 0 heterocycles. The van der Waals surface area contributed by atoms with E-state index in [-0.39, 0.29) is 30.4 Å². The number of phenolic OH excluding ortho intramolecular Hbond substituents is 1. The van der Waals surface area contributed by atoms with Gasteiger partial charge in [-0.2, -0.15) is 12.6 Å². The van der Waals surface area contributed by atoms with Crippen molar-refractivity contribution in [2.45, 2.75) is 44.8 Å². The zero-order chi connectivity index (χ0) is 23.6. The normalized spacial score (nSPS) is 14.6. The monoisotopic (exact) mass is 454 g/mol. The molecule has 0 bridgehead atoms. The van der Waals surface area contributed by atoms with Gasteiger partial charge in [0.15, 0.2) is 0 Å². The lowest BCUT2D eigenvalue weighted by Crippen LogP contribution is -2.58. The van der Waals surface area contributed by atoms with Crippen LogP contribution in [0.5, 0.6) is 5.75 Å². The van der Waals surface area contributed by atoms with Gasteiger partial charge in [0.1, 0.15) is 23.9 Å². The van der Waals surface area contributed by atoms with E-state index in [0.29, 0.717) is 12.0 Å². The van der Waals surface area contributed by atoms with Crippen LogP contribution in [-0.2, 0) is 25.6 Å². The minimum atomic E-state index is -1.18. The molecule has 0 radical (unpaired) electrons. The van der Waals surface area contributed by atoms with Gasteiger partial charge in [-0.1, -0.05) is 32.4 Å². The minimum Gasteiger partial charge on any atom is -0.508 e. The highest BCUT2D eigenvalue weighted by molar-refractivity contribution is 7.80. The molecule has 4 unspecified atom stereocenters. The van der Waals surface area contributed by atoms with Gasteiger partial charge < -0.3 is 31.9 Å². The second-order valence-electron chi connectivity index (χ2n) is 7.15. The summed E-state index contributed by atoms with van der Waals surface area (Å²) in [5.74, 6) is -3.41. The Morgan fingerprint density at radius 3 is 2.10 bits per heavy atom. The molecule has 0 saturated heterocycles. The van der Waals surface area contributed by atoms with Gasteiger partial charge in [-0.25, -0.2) is 4.79 Å². The van der Waals surface area contributed by atoms with Crippen molar-refractivity contribution in [3.05, 3.63) is 29.8 Å². The van der Waals surface area contributed by atoms with Crippen LogP contribution in [0.2, 0.25) is 0 Å². The first-order valence-electron chi connectivity index (χ1n) is 9.84. The van der Waals surface area contributed by atoms with E-state index < -0.39 is 41.8 Å². The number of rotatable bonds is 12. The summed E-state index contributed by atoms with van der Waals surface area (Å²) in [7, 11) is 0. The topological polar surface area (TPSA) is 171 Å². The Bertz CT molecular complexity index is 773. The van der Waals surface area contributed by atoms with Gasteiger partial charge in [-0.05, 0) is 23.6 Å². The molecular weight excluding hydrogens is 424 g/mol. The second kappa shape index (κ2) is 12.8. The Morgan fingerprint density at radius 2 is 1.61 bits per heavy atom. The number of thiol groups is 1. The second-order valence-corrected chi connectivity index (χ2v) is 7.51. The van der Waals surface area contributed by atoms with Crippen molar-refractivity contribution < 1.29 is 29.4 Å². The number of benzene rings is 1. The highest BCUT2D eigenvalue weighted by Gasteiger charge is 2.31. The van der Waals surface area contributed by atoms with E-state index in [1.165, 1.54) is 12.1 Å². The summed E-state index contributed by atoms with van der Waals surface area (Å²) in [5.41, 5.74) is 5.88. The van der Waals surface area contributed by atoms with Crippen LogP contribution >= 0.6 is 12.6 Å². The summed E-state index contributed by atoms with van der Waals surface area (Å²) >= 11 is 4.05. The lowest BCUT2D eigenvalue weighted by molar-refractivity contribution is -0.143. The first kappa shape index (κ1) is 26.2. The Hall–Kier alpha value is -2.79. The Labute approximate surface area is 186 Å². The zero-order valence-electron chi connectivity index (χ0n) is 17.5. The molecular formula is C20H30N4O6S. The average Bonchev–Trinajstić information content (AvgIpc) is 2.75. The number of carboxylic acid groups (broad SMARTS) is 1. The summed E-state index contributed by atoms with van der Waals surface area (Å²) in [6.07, 6.45) is 0.563. The molecule has 0 saturated carbocycles. The van der Waals surface area contributed by atoms with Crippen molar-refractivity contribution in [3.63, 3.8) is 0 Å². The molecule has 0 aliphatic rings. The SMILES string of the molecule is CCC(C)C(NC(=O)C(Cc1ccc(O)cc1)NC(=O)C(CS)NC(=O)CN)C(=O)O.